The van der Waals surface area contributed by atoms with Gasteiger partial charge in [-0.2, -0.15) is 0 Å². The summed E-state index contributed by atoms with van der Waals surface area (Å²) in [5, 5.41) is 3.52. The first-order valence-corrected chi connectivity index (χ1v) is 10.4. The molecule has 1 fully saturated rings. The molecule has 1 aliphatic rings. The van der Waals surface area contributed by atoms with E-state index in [1.54, 1.807) is 0 Å². The Morgan fingerprint density at radius 3 is 2.21 bits per heavy atom. The summed E-state index contributed by atoms with van der Waals surface area (Å²) in [5.41, 5.74) is 3.70. The zero-order valence-corrected chi connectivity index (χ0v) is 17.5. The molecule has 4 rings (SSSR count). The fraction of sp³-hybridized carbons (Fsp3) is 0.333. The molecule has 5 heteroatoms. The Balaban J connectivity index is 1.50. The van der Waals surface area contributed by atoms with Crippen LogP contribution in [0.15, 0.2) is 60.7 Å². The topological polar surface area (TPSA) is 44.3 Å². The number of rotatable bonds is 5. The van der Waals surface area contributed by atoms with Crippen LogP contribution in [0.5, 0.6) is 0 Å². The van der Waals surface area contributed by atoms with Gasteiger partial charge < -0.3 is 15.1 Å². The summed E-state index contributed by atoms with van der Waals surface area (Å²) < 4.78 is 0. The Morgan fingerprint density at radius 1 is 0.828 bits per heavy atom. The zero-order chi connectivity index (χ0) is 20.2. The third kappa shape index (κ3) is 4.50. The molecular weight excluding hydrogens is 358 g/mol. The summed E-state index contributed by atoms with van der Waals surface area (Å²) in [6.45, 7) is 10.3. The smallest absolute Gasteiger partial charge is 0.136 e. The molecule has 3 aromatic rings. The SMILES string of the molecule is Cc1nc(Nc2ccccc2C(C)C)cc(N2CCN(c3ccccc3)CC2)n1. The van der Waals surface area contributed by atoms with Gasteiger partial charge in [0.1, 0.15) is 17.5 Å². The zero-order valence-electron chi connectivity index (χ0n) is 17.5. The van der Waals surface area contributed by atoms with Crippen molar-refractivity contribution in [2.75, 3.05) is 41.3 Å². The second-order valence-electron chi connectivity index (χ2n) is 7.84. The monoisotopic (exact) mass is 387 g/mol. The van der Waals surface area contributed by atoms with Crippen LogP contribution in [0.2, 0.25) is 0 Å². The van der Waals surface area contributed by atoms with E-state index in [-0.39, 0.29) is 0 Å². The maximum atomic E-state index is 4.71. The van der Waals surface area contributed by atoms with Crippen molar-refractivity contribution in [3.8, 4) is 0 Å². The molecule has 1 N–H and O–H groups in total. The molecule has 2 aromatic carbocycles. The van der Waals surface area contributed by atoms with Crippen molar-refractivity contribution in [2.24, 2.45) is 0 Å². The van der Waals surface area contributed by atoms with Crippen molar-refractivity contribution in [3.63, 3.8) is 0 Å². The number of hydrogen-bond donors (Lipinski definition) is 1. The number of nitrogens with one attached hydrogen (secondary N) is 1. The molecular formula is C24H29N5. The number of aromatic nitrogens is 2. The highest BCUT2D eigenvalue weighted by Crippen LogP contribution is 2.28. The van der Waals surface area contributed by atoms with E-state index in [2.05, 4.69) is 94.6 Å². The molecule has 0 spiro atoms. The first kappa shape index (κ1) is 19.2. The molecule has 0 amide bonds. The van der Waals surface area contributed by atoms with Gasteiger partial charge in [-0.15, -0.1) is 0 Å². The Kier molecular flexibility index (Phi) is 5.65. The van der Waals surface area contributed by atoms with Crippen molar-refractivity contribution in [2.45, 2.75) is 26.7 Å². The average molecular weight is 388 g/mol. The lowest BCUT2D eigenvalue weighted by atomic mass is 10.0. The van der Waals surface area contributed by atoms with Crippen LogP contribution in [-0.4, -0.2) is 36.1 Å². The van der Waals surface area contributed by atoms with Crippen molar-refractivity contribution in [1.82, 2.24) is 9.97 Å². The van der Waals surface area contributed by atoms with E-state index in [1.165, 1.54) is 11.3 Å². The quantitative estimate of drug-likeness (QED) is 0.669. The number of nitrogens with zero attached hydrogens (tertiary/aromatic N) is 4. The highest BCUT2D eigenvalue weighted by atomic mass is 15.3. The van der Waals surface area contributed by atoms with Crippen LogP contribution in [0, 0.1) is 6.92 Å². The minimum atomic E-state index is 0.451. The third-order valence-corrected chi connectivity index (χ3v) is 5.39. The second-order valence-corrected chi connectivity index (χ2v) is 7.84. The van der Waals surface area contributed by atoms with E-state index in [0.717, 1.165) is 49.3 Å². The predicted octanol–water partition coefficient (Wildman–Crippen LogP) is 4.98. The Hall–Kier alpha value is -3.08. The third-order valence-electron chi connectivity index (χ3n) is 5.39. The summed E-state index contributed by atoms with van der Waals surface area (Å²) in [6, 6.07) is 21.1. The molecule has 0 atom stereocenters. The van der Waals surface area contributed by atoms with Gasteiger partial charge in [-0.3, -0.25) is 0 Å². The molecule has 1 aliphatic heterocycles. The lowest BCUT2D eigenvalue weighted by Gasteiger charge is -2.36. The molecule has 0 radical (unpaired) electrons. The van der Waals surface area contributed by atoms with Gasteiger partial charge in [0.05, 0.1) is 0 Å². The van der Waals surface area contributed by atoms with Crippen molar-refractivity contribution in [3.05, 3.63) is 72.1 Å². The average Bonchev–Trinajstić information content (AvgIpc) is 2.74. The lowest BCUT2D eigenvalue weighted by Crippen LogP contribution is -2.46. The van der Waals surface area contributed by atoms with Crippen LogP contribution in [-0.2, 0) is 0 Å². The molecule has 5 nitrogen and oxygen atoms in total. The Morgan fingerprint density at radius 2 is 1.48 bits per heavy atom. The van der Waals surface area contributed by atoms with E-state index in [1.807, 2.05) is 6.92 Å². The number of para-hydroxylation sites is 2. The number of benzene rings is 2. The van der Waals surface area contributed by atoms with E-state index in [0.29, 0.717) is 5.92 Å². The standard InChI is InChI=1S/C24H29N5/c1-18(2)21-11-7-8-12-22(21)27-23-17-24(26-19(3)25-23)29-15-13-28(14-16-29)20-9-5-4-6-10-20/h4-12,17-18H,13-16H2,1-3H3,(H,25,26,27). The fourth-order valence-electron chi connectivity index (χ4n) is 3.86. The van der Waals surface area contributed by atoms with Gasteiger partial charge in [-0.25, -0.2) is 9.97 Å². The van der Waals surface area contributed by atoms with E-state index < -0.39 is 0 Å². The summed E-state index contributed by atoms with van der Waals surface area (Å²) >= 11 is 0. The van der Waals surface area contributed by atoms with Crippen LogP contribution in [0.3, 0.4) is 0 Å². The van der Waals surface area contributed by atoms with Crippen molar-refractivity contribution in [1.29, 1.82) is 0 Å². The molecule has 1 aromatic heterocycles. The Bertz CT molecular complexity index is 946. The van der Waals surface area contributed by atoms with Gasteiger partial charge in [0, 0.05) is 43.6 Å². The van der Waals surface area contributed by atoms with Crippen LogP contribution in [0.1, 0.15) is 31.2 Å². The summed E-state index contributed by atoms with van der Waals surface area (Å²) in [5.74, 6) is 3.09. The van der Waals surface area contributed by atoms with E-state index in [4.69, 9.17) is 4.98 Å². The van der Waals surface area contributed by atoms with Crippen LogP contribution >= 0.6 is 0 Å². The van der Waals surface area contributed by atoms with Crippen molar-refractivity contribution < 1.29 is 0 Å². The maximum absolute atomic E-state index is 4.71. The van der Waals surface area contributed by atoms with E-state index >= 15 is 0 Å². The fourth-order valence-corrected chi connectivity index (χ4v) is 3.86. The van der Waals surface area contributed by atoms with Gasteiger partial charge >= 0.3 is 0 Å². The molecule has 1 saturated heterocycles. The normalized spacial score (nSPS) is 14.3. The summed E-state index contributed by atoms with van der Waals surface area (Å²) in [7, 11) is 0. The summed E-state index contributed by atoms with van der Waals surface area (Å²) in [4.78, 5) is 14.1. The van der Waals surface area contributed by atoms with Gasteiger partial charge in [0.25, 0.3) is 0 Å². The minimum Gasteiger partial charge on any atom is -0.368 e. The highest BCUT2D eigenvalue weighted by Gasteiger charge is 2.19. The van der Waals surface area contributed by atoms with Crippen molar-refractivity contribution >= 4 is 23.0 Å². The predicted molar refractivity (Wildman–Crippen MR) is 121 cm³/mol. The largest absolute Gasteiger partial charge is 0.368 e. The molecule has 0 aliphatic carbocycles. The van der Waals surface area contributed by atoms with Gasteiger partial charge in [-0.1, -0.05) is 50.2 Å². The molecule has 0 bridgehead atoms. The number of hydrogen-bond acceptors (Lipinski definition) is 5. The van der Waals surface area contributed by atoms with Crippen LogP contribution in [0.25, 0.3) is 0 Å². The van der Waals surface area contributed by atoms with Gasteiger partial charge in [0.2, 0.25) is 0 Å². The van der Waals surface area contributed by atoms with Crippen LogP contribution < -0.4 is 15.1 Å². The lowest BCUT2D eigenvalue weighted by molar-refractivity contribution is 0.646. The molecule has 150 valence electrons. The van der Waals surface area contributed by atoms with E-state index in [9.17, 15) is 0 Å². The molecule has 2 heterocycles. The minimum absolute atomic E-state index is 0.451. The molecule has 0 saturated carbocycles. The number of aryl methyl sites for hydroxylation is 1. The number of anilines is 4. The first-order chi connectivity index (χ1) is 14.1. The van der Waals surface area contributed by atoms with Gasteiger partial charge in [-0.05, 0) is 36.6 Å². The highest BCUT2D eigenvalue weighted by molar-refractivity contribution is 5.64. The summed E-state index contributed by atoms with van der Waals surface area (Å²) in [6.07, 6.45) is 0. The molecule has 29 heavy (non-hydrogen) atoms. The van der Waals surface area contributed by atoms with Gasteiger partial charge in [0.15, 0.2) is 0 Å². The van der Waals surface area contributed by atoms with Crippen LogP contribution in [0.4, 0.5) is 23.0 Å². The molecule has 0 unspecified atom stereocenters. The Labute approximate surface area is 173 Å². The first-order valence-electron chi connectivity index (χ1n) is 10.4. The maximum Gasteiger partial charge on any atom is 0.136 e. The second kappa shape index (κ2) is 8.52. The number of piperazine rings is 1.